The fourth-order valence-electron chi connectivity index (χ4n) is 3.13. The van der Waals surface area contributed by atoms with E-state index in [1.165, 1.54) is 15.9 Å². The smallest absolute Gasteiger partial charge is 0.423 e. The fourth-order valence-corrected chi connectivity index (χ4v) is 5.44. The van der Waals surface area contributed by atoms with Crippen molar-refractivity contribution >= 4 is 55.0 Å². The molecule has 0 bridgehead atoms. The van der Waals surface area contributed by atoms with Crippen molar-refractivity contribution in [2.75, 3.05) is 0 Å². The Hall–Kier alpha value is -3.68. The predicted molar refractivity (Wildman–Crippen MR) is 189 cm³/mol. The van der Waals surface area contributed by atoms with Crippen LogP contribution in [0, 0.1) is 36.5 Å². The van der Waals surface area contributed by atoms with Gasteiger partial charge >= 0.3 is 7.12 Å². The van der Waals surface area contributed by atoms with E-state index in [0.717, 1.165) is 10.3 Å². The summed E-state index contributed by atoms with van der Waals surface area (Å²) >= 11 is 3.32. The largest absolute Gasteiger partial charge is 0.488 e. The van der Waals surface area contributed by atoms with Gasteiger partial charge in [0.15, 0.2) is 0 Å². The van der Waals surface area contributed by atoms with Crippen molar-refractivity contribution in [3.05, 3.63) is 102 Å². The maximum atomic E-state index is 8.58. The zero-order chi connectivity index (χ0) is 31.6. The molecule has 0 fully saturated rings. The number of benzene rings is 2. The molecule has 214 valence electrons. The molecule has 2 aromatic carbocycles. The third-order valence-corrected chi connectivity index (χ3v) is 10.1. The van der Waals surface area contributed by atoms with Crippen LogP contribution < -0.4 is 15.8 Å². The molecule has 8 heteroatoms. The molecule has 0 aliphatic rings. The van der Waals surface area contributed by atoms with Crippen molar-refractivity contribution < 1.29 is 10.0 Å². The Labute approximate surface area is 263 Å². The van der Waals surface area contributed by atoms with E-state index in [1.807, 2.05) is 42.7 Å². The van der Waals surface area contributed by atoms with Gasteiger partial charge in [-0.2, -0.15) is 0 Å². The average molecular weight is 654 g/mol. The summed E-state index contributed by atoms with van der Waals surface area (Å²) in [5.74, 6) is 8.61. The SMILES string of the molecule is C#CC#CC#C.C[Si](C)(C)c1ccc(-c2ccccc2)nc1.C[Si](C)(C)c1ccc(Br)nc1.OB(O)c1ccccc1. The normalized spacial score (nSPS) is 9.79. The Bertz CT molecular complexity index is 1460. The average Bonchev–Trinajstić information content (AvgIpc) is 2.97. The molecular weight excluding hydrogens is 615 g/mol. The summed E-state index contributed by atoms with van der Waals surface area (Å²) in [5.41, 5.74) is 2.77. The van der Waals surface area contributed by atoms with Gasteiger partial charge in [0.25, 0.3) is 0 Å². The molecule has 2 N–H and O–H groups in total. The monoisotopic (exact) mass is 652 g/mol. The van der Waals surface area contributed by atoms with E-state index in [0.29, 0.717) is 5.46 Å². The second-order valence-corrected chi connectivity index (χ2v) is 22.0. The van der Waals surface area contributed by atoms with E-state index >= 15 is 0 Å². The Kier molecular flexibility index (Phi) is 16.2. The molecule has 0 radical (unpaired) electrons. The summed E-state index contributed by atoms with van der Waals surface area (Å²) in [5, 5.41) is 20.0. The van der Waals surface area contributed by atoms with Gasteiger partial charge in [0, 0.05) is 18.0 Å². The zero-order valence-electron chi connectivity index (χ0n) is 25.1. The molecule has 0 amide bonds. The van der Waals surface area contributed by atoms with Crippen LogP contribution in [0.1, 0.15) is 0 Å². The van der Waals surface area contributed by atoms with Gasteiger partial charge < -0.3 is 10.0 Å². The highest BCUT2D eigenvalue weighted by Crippen LogP contribution is 2.15. The first kappa shape index (κ1) is 36.3. The Morgan fingerprint density at radius 3 is 1.43 bits per heavy atom. The summed E-state index contributed by atoms with van der Waals surface area (Å²) in [6.45, 7) is 14.0. The van der Waals surface area contributed by atoms with Crippen molar-refractivity contribution in [1.82, 2.24) is 9.97 Å². The first-order valence-corrected chi connectivity index (χ1v) is 21.0. The lowest BCUT2D eigenvalue weighted by Crippen LogP contribution is -2.37. The molecule has 0 aliphatic heterocycles. The summed E-state index contributed by atoms with van der Waals surface area (Å²) in [6, 6.07) is 27.5. The van der Waals surface area contributed by atoms with E-state index < -0.39 is 23.3 Å². The number of hydrogen-bond donors (Lipinski definition) is 2. The second kappa shape index (κ2) is 18.7. The molecular formula is C34H38BBrN2O2Si2. The van der Waals surface area contributed by atoms with E-state index in [9.17, 15) is 0 Å². The van der Waals surface area contributed by atoms with E-state index in [1.54, 1.807) is 24.3 Å². The van der Waals surface area contributed by atoms with Crippen molar-refractivity contribution in [2.45, 2.75) is 39.3 Å². The standard InChI is InChI=1S/C14H17NSi.C8H12BrNSi.C6H7BO2.C6H2/c1-16(2,3)13-9-10-14(15-11-13)12-7-5-4-6-8-12;1-11(2,3)7-4-5-8(9)10-6-7;8-7(9)6-4-2-1-3-5-6;1-3-5-6-4-2/h4-11H,1-3H3;4-6H,1-3H3;1-5,8-9H;1-2H. The topological polar surface area (TPSA) is 66.2 Å². The van der Waals surface area contributed by atoms with E-state index in [2.05, 4.69) is 119 Å². The molecule has 2 heterocycles. The van der Waals surface area contributed by atoms with Gasteiger partial charge in [0.2, 0.25) is 0 Å². The van der Waals surface area contributed by atoms with E-state index in [4.69, 9.17) is 22.9 Å². The molecule has 0 saturated carbocycles. The third kappa shape index (κ3) is 14.8. The Morgan fingerprint density at radius 2 is 1.10 bits per heavy atom. The summed E-state index contributed by atoms with van der Waals surface area (Å²) in [6.07, 6.45) is 13.4. The maximum absolute atomic E-state index is 8.58. The number of terminal acetylenes is 2. The predicted octanol–water partition coefficient (Wildman–Crippen LogP) is 5.31. The molecule has 4 rings (SSSR count). The number of hydrogen-bond acceptors (Lipinski definition) is 4. The van der Waals surface area contributed by atoms with Crippen LogP contribution in [-0.2, 0) is 0 Å². The second-order valence-electron chi connectivity index (χ2n) is 11.0. The van der Waals surface area contributed by atoms with Crippen LogP contribution in [0.25, 0.3) is 11.3 Å². The maximum Gasteiger partial charge on any atom is 0.488 e. The lowest BCUT2D eigenvalue weighted by atomic mass is 9.81. The molecule has 0 aliphatic carbocycles. The summed E-state index contributed by atoms with van der Waals surface area (Å²) in [4.78, 5) is 8.75. The minimum Gasteiger partial charge on any atom is -0.423 e. The molecule has 4 aromatic rings. The van der Waals surface area contributed by atoms with Crippen LogP contribution in [0.15, 0.2) is 102 Å². The van der Waals surface area contributed by atoms with Crippen LogP contribution >= 0.6 is 15.9 Å². The first-order valence-electron chi connectivity index (χ1n) is 13.3. The molecule has 0 spiro atoms. The molecule has 4 nitrogen and oxygen atoms in total. The van der Waals surface area contributed by atoms with Gasteiger partial charge in [-0.05, 0) is 67.6 Å². The fraction of sp³-hybridized carbons (Fsp3) is 0.176. The summed E-state index contributed by atoms with van der Waals surface area (Å²) < 4.78 is 0.916. The number of aromatic nitrogens is 2. The quantitative estimate of drug-likeness (QED) is 0.178. The highest BCUT2D eigenvalue weighted by molar-refractivity contribution is 9.10. The minimum atomic E-state index is -1.34. The lowest BCUT2D eigenvalue weighted by Gasteiger charge is -2.16. The van der Waals surface area contributed by atoms with Gasteiger partial charge in [-0.3, -0.25) is 4.98 Å². The highest BCUT2D eigenvalue weighted by atomic mass is 79.9. The van der Waals surface area contributed by atoms with Gasteiger partial charge in [-0.1, -0.05) is 112 Å². The Balaban J connectivity index is 0.000000298. The highest BCUT2D eigenvalue weighted by Gasteiger charge is 2.17. The molecule has 0 unspecified atom stereocenters. The third-order valence-electron chi connectivity index (χ3n) is 5.60. The van der Waals surface area contributed by atoms with Crippen LogP contribution in [-0.4, -0.2) is 43.3 Å². The number of rotatable bonds is 4. The van der Waals surface area contributed by atoms with Crippen molar-refractivity contribution in [3.8, 4) is 47.8 Å². The van der Waals surface area contributed by atoms with Crippen LogP contribution in [0.5, 0.6) is 0 Å². The Morgan fingerprint density at radius 1 is 0.643 bits per heavy atom. The first-order chi connectivity index (χ1) is 19.8. The lowest BCUT2D eigenvalue weighted by molar-refractivity contribution is 0.426. The number of halogens is 1. The van der Waals surface area contributed by atoms with Crippen LogP contribution in [0.2, 0.25) is 39.3 Å². The zero-order valence-corrected chi connectivity index (χ0v) is 28.7. The minimum absolute atomic E-state index is 0.525. The van der Waals surface area contributed by atoms with Crippen LogP contribution in [0.4, 0.5) is 0 Å². The van der Waals surface area contributed by atoms with Gasteiger partial charge in [0.05, 0.1) is 21.8 Å². The molecule has 0 atom stereocenters. The number of pyridine rings is 2. The van der Waals surface area contributed by atoms with Gasteiger partial charge in [-0.25, -0.2) is 4.98 Å². The molecule has 42 heavy (non-hydrogen) atoms. The van der Waals surface area contributed by atoms with E-state index in [-0.39, 0.29) is 0 Å². The summed E-state index contributed by atoms with van der Waals surface area (Å²) in [7, 11) is -3.70. The molecule has 0 saturated heterocycles. The van der Waals surface area contributed by atoms with Crippen molar-refractivity contribution in [2.24, 2.45) is 0 Å². The van der Waals surface area contributed by atoms with Gasteiger partial charge in [0.1, 0.15) is 4.60 Å². The van der Waals surface area contributed by atoms with Crippen LogP contribution in [0.3, 0.4) is 0 Å². The van der Waals surface area contributed by atoms with Gasteiger partial charge in [-0.15, -0.1) is 12.8 Å². The molecule has 2 aromatic heterocycles. The van der Waals surface area contributed by atoms with Crippen molar-refractivity contribution in [1.29, 1.82) is 0 Å². The number of nitrogens with zero attached hydrogens (tertiary/aromatic N) is 2. The van der Waals surface area contributed by atoms with Crippen molar-refractivity contribution in [3.63, 3.8) is 0 Å².